The van der Waals surface area contributed by atoms with Crippen molar-refractivity contribution in [3.63, 3.8) is 0 Å². The molecule has 4 rings (SSSR count). The number of carbonyl (C=O) groups excluding carboxylic acids is 2. The monoisotopic (exact) mass is 343 g/mol. The number of amides is 2. The zero-order valence-corrected chi connectivity index (χ0v) is 14.6. The zero-order valence-electron chi connectivity index (χ0n) is 14.6. The number of carbonyl (C=O) groups is 2. The summed E-state index contributed by atoms with van der Waals surface area (Å²) in [4.78, 5) is 25.8. The molecule has 1 atom stereocenters. The Morgan fingerprint density at radius 2 is 2.28 bits per heavy atom. The molecule has 2 aliphatic heterocycles. The van der Waals surface area contributed by atoms with Crippen LogP contribution in [0.1, 0.15) is 38.5 Å². The third-order valence-electron chi connectivity index (χ3n) is 5.85. The molecule has 1 saturated carbocycles. The predicted molar refractivity (Wildman–Crippen MR) is 95.9 cm³/mol. The van der Waals surface area contributed by atoms with Crippen molar-refractivity contribution in [2.75, 3.05) is 30.4 Å². The summed E-state index contributed by atoms with van der Waals surface area (Å²) < 4.78 is 5.42. The van der Waals surface area contributed by atoms with Gasteiger partial charge in [-0.05, 0) is 62.8 Å². The van der Waals surface area contributed by atoms with Gasteiger partial charge in [-0.25, -0.2) is 0 Å². The number of piperidine rings is 1. The summed E-state index contributed by atoms with van der Waals surface area (Å²) in [6, 6.07) is 5.44. The number of likely N-dealkylation sites (N-methyl/N-ethyl adjacent to an activating group) is 1. The molecule has 2 heterocycles. The highest BCUT2D eigenvalue weighted by Crippen LogP contribution is 2.41. The van der Waals surface area contributed by atoms with Gasteiger partial charge in [-0.1, -0.05) is 0 Å². The Morgan fingerprint density at radius 3 is 3.04 bits per heavy atom. The number of nitrogens with one attached hydrogen (secondary N) is 2. The molecule has 6 nitrogen and oxygen atoms in total. The van der Waals surface area contributed by atoms with E-state index in [0.29, 0.717) is 35.0 Å². The highest BCUT2D eigenvalue weighted by Gasteiger charge is 2.41. The summed E-state index contributed by atoms with van der Waals surface area (Å²) in [6.07, 6.45) is 6.52. The van der Waals surface area contributed by atoms with Crippen LogP contribution >= 0.6 is 0 Å². The molecule has 134 valence electrons. The van der Waals surface area contributed by atoms with E-state index < -0.39 is 0 Å². The highest BCUT2D eigenvalue weighted by molar-refractivity contribution is 5.99. The third-order valence-corrected chi connectivity index (χ3v) is 5.85. The standard InChI is InChI=1S/C19H25N3O3/c1-22-15-10-14(3-4-16(15)25-12-18(22)24)21-17(23)9-13-5-8-20-19(11-13)6-2-7-19/h3-4,10,13,20H,2,5-9,11-12H2,1H3,(H,21,23). The maximum atomic E-state index is 12.5. The molecule has 0 aromatic heterocycles. The van der Waals surface area contributed by atoms with Gasteiger partial charge < -0.3 is 20.3 Å². The van der Waals surface area contributed by atoms with Gasteiger partial charge in [-0.2, -0.15) is 0 Å². The number of ether oxygens (including phenoxy) is 1. The Hall–Kier alpha value is -2.08. The lowest BCUT2D eigenvalue weighted by Gasteiger charge is -2.48. The van der Waals surface area contributed by atoms with Crippen molar-refractivity contribution in [2.45, 2.75) is 44.1 Å². The second kappa shape index (κ2) is 6.33. The molecule has 1 saturated heterocycles. The first-order valence-corrected chi connectivity index (χ1v) is 9.13. The number of benzene rings is 1. The van der Waals surface area contributed by atoms with Crippen molar-refractivity contribution in [1.82, 2.24) is 5.32 Å². The quantitative estimate of drug-likeness (QED) is 0.883. The van der Waals surface area contributed by atoms with Gasteiger partial charge >= 0.3 is 0 Å². The summed E-state index contributed by atoms with van der Waals surface area (Å²) in [6.45, 7) is 1.08. The molecule has 2 fully saturated rings. The number of rotatable bonds is 3. The lowest BCUT2D eigenvalue weighted by molar-refractivity contribution is -0.121. The van der Waals surface area contributed by atoms with Crippen LogP contribution in [0.25, 0.3) is 0 Å². The summed E-state index contributed by atoms with van der Waals surface area (Å²) >= 11 is 0. The minimum Gasteiger partial charge on any atom is -0.482 e. The number of fused-ring (bicyclic) bond motifs is 1. The van der Waals surface area contributed by atoms with Crippen molar-refractivity contribution in [1.29, 1.82) is 0 Å². The predicted octanol–water partition coefficient (Wildman–Crippen LogP) is 2.29. The van der Waals surface area contributed by atoms with E-state index in [2.05, 4.69) is 10.6 Å². The highest BCUT2D eigenvalue weighted by atomic mass is 16.5. The van der Waals surface area contributed by atoms with Crippen molar-refractivity contribution >= 4 is 23.2 Å². The molecule has 1 aliphatic carbocycles. The second-order valence-electron chi connectivity index (χ2n) is 7.60. The zero-order chi connectivity index (χ0) is 17.4. The van der Waals surface area contributed by atoms with Crippen LogP contribution in [0.4, 0.5) is 11.4 Å². The summed E-state index contributed by atoms with van der Waals surface area (Å²) in [5, 5.41) is 6.63. The first-order chi connectivity index (χ1) is 12.0. The van der Waals surface area contributed by atoms with Crippen LogP contribution in [-0.4, -0.2) is 37.6 Å². The van der Waals surface area contributed by atoms with Gasteiger partial charge in [0, 0.05) is 24.7 Å². The molecule has 2 N–H and O–H groups in total. The van der Waals surface area contributed by atoms with Crippen LogP contribution in [0.2, 0.25) is 0 Å². The van der Waals surface area contributed by atoms with E-state index in [1.807, 2.05) is 12.1 Å². The van der Waals surface area contributed by atoms with E-state index in [-0.39, 0.29) is 18.4 Å². The lowest BCUT2D eigenvalue weighted by Crippen LogP contribution is -2.55. The molecule has 1 spiro atoms. The average Bonchev–Trinajstić information content (AvgIpc) is 2.57. The molecule has 6 heteroatoms. The summed E-state index contributed by atoms with van der Waals surface area (Å²) in [5.74, 6) is 1.08. The number of anilines is 2. The van der Waals surface area contributed by atoms with Gasteiger partial charge in [0.15, 0.2) is 6.61 Å². The molecular formula is C19H25N3O3. The molecule has 0 radical (unpaired) electrons. The van der Waals surface area contributed by atoms with Crippen LogP contribution < -0.4 is 20.3 Å². The van der Waals surface area contributed by atoms with Crippen LogP contribution in [-0.2, 0) is 9.59 Å². The van der Waals surface area contributed by atoms with Crippen molar-refractivity contribution < 1.29 is 14.3 Å². The summed E-state index contributed by atoms with van der Waals surface area (Å²) in [5.41, 5.74) is 1.72. The summed E-state index contributed by atoms with van der Waals surface area (Å²) in [7, 11) is 1.72. The first-order valence-electron chi connectivity index (χ1n) is 9.13. The Balaban J connectivity index is 1.39. The second-order valence-corrected chi connectivity index (χ2v) is 7.60. The van der Waals surface area contributed by atoms with E-state index in [9.17, 15) is 9.59 Å². The minimum atomic E-state index is -0.0866. The normalized spacial score (nSPS) is 24.3. The molecule has 1 unspecified atom stereocenters. The topological polar surface area (TPSA) is 70.7 Å². The van der Waals surface area contributed by atoms with Crippen molar-refractivity contribution in [3.8, 4) is 5.75 Å². The Kier molecular flexibility index (Phi) is 4.15. The van der Waals surface area contributed by atoms with E-state index in [0.717, 1.165) is 19.4 Å². The van der Waals surface area contributed by atoms with Gasteiger partial charge in [0.25, 0.3) is 5.91 Å². The fraction of sp³-hybridized carbons (Fsp3) is 0.579. The number of nitrogens with zero attached hydrogens (tertiary/aromatic N) is 1. The van der Waals surface area contributed by atoms with Gasteiger partial charge in [-0.15, -0.1) is 0 Å². The van der Waals surface area contributed by atoms with Gasteiger partial charge in [0.2, 0.25) is 5.91 Å². The third kappa shape index (κ3) is 3.23. The van der Waals surface area contributed by atoms with E-state index in [1.54, 1.807) is 18.0 Å². The fourth-order valence-corrected chi connectivity index (χ4v) is 4.25. The number of hydrogen-bond acceptors (Lipinski definition) is 4. The molecular weight excluding hydrogens is 318 g/mol. The number of hydrogen-bond donors (Lipinski definition) is 2. The molecule has 1 aromatic carbocycles. The smallest absolute Gasteiger partial charge is 0.264 e. The maximum Gasteiger partial charge on any atom is 0.264 e. The van der Waals surface area contributed by atoms with E-state index >= 15 is 0 Å². The fourth-order valence-electron chi connectivity index (χ4n) is 4.25. The molecule has 2 amide bonds. The Morgan fingerprint density at radius 1 is 1.44 bits per heavy atom. The van der Waals surface area contributed by atoms with E-state index in [1.165, 1.54) is 19.3 Å². The van der Waals surface area contributed by atoms with Crippen LogP contribution in [0.15, 0.2) is 18.2 Å². The maximum absolute atomic E-state index is 12.5. The average molecular weight is 343 g/mol. The minimum absolute atomic E-state index is 0.0482. The molecule has 25 heavy (non-hydrogen) atoms. The van der Waals surface area contributed by atoms with Gasteiger partial charge in [0.05, 0.1) is 5.69 Å². The Labute approximate surface area is 147 Å². The van der Waals surface area contributed by atoms with Crippen molar-refractivity contribution in [3.05, 3.63) is 18.2 Å². The largest absolute Gasteiger partial charge is 0.482 e. The lowest BCUT2D eigenvalue weighted by atomic mass is 9.68. The van der Waals surface area contributed by atoms with E-state index in [4.69, 9.17) is 4.74 Å². The Bertz CT molecular complexity index is 699. The van der Waals surface area contributed by atoms with Crippen LogP contribution in [0.3, 0.4) is 0 Å². The van der Waals surface area contributed by atoms with Crippen LogP contribution in [0, 0.1) is 5.92 Å². The first kappa shape index (κ1) is 16.4. The molecule has 0 bridgehead atoms. The van der Waals surface area contributed by atoms with Crippen molar-refractivity contribution in [2.24, 2.45) is 5.92 Å². The van der Waals surface area contributed by atoms with Gasteiger partial charge in [0.1, 0.15) is 5.75 Å². The van der Waals surface area contributed by atoms with Crippen LogP contribution in [0.5, 0.6) is 5.75 Å². The SMILES string of the molecule is CN1C(=O)COc2ccc(NC(=O)CC3CCNC4(CCC4)C3)cc21. The molecule has 3 aliphatic rings. The molecule has 1 aromatic rings. The van der Waals surface area contributed by atoms with Gasteiger partial charge in [-0.3, -0.25) is 9.59 Å².